The highest BCUT2D eigenvalue weighted by molar-refractivity contribution is 5.29. The van der Waals surface area contributed by atoms with Crippen LogP contribution < -0.4 is 5.32 Å². The first kappa shape index (κ1) is 14.3. The molecule has 0 saturated heterocycles. The summed E-state index contributed by atoms with van der Waals surface area (Å²) in [6, 6.07) is 18.1. The van der Waals surface area contributed by atoms with Crippen molar-refractivity contribution >= 4 is 0 Å². The van der Waals surface area contributed by atoms with Crippen LogP contribution in [0.4, 0.5) is 0 Å². The SMILES string of the molecule is CNC(CN1CCc2ccccc2C1)c1ccc(C)cc1. The largest absolute Gasteiger partial charge is 0.312 e. The van der Waals surface area contributed by atoms with Gasteiger partial charge in [0.2, 0.25) is 0 Å². The minimum Gasteiger partial charge on any atom is -0.312 e. The van der Waals surface area contributed by atoms with Crippen LogP contribution in [0.5, 0.6) is 0 Å². The van der Waals surface area contributed by atoms with E-state index in [0.717, 1.165) is 19.6 Å². The third kappa shape index (κ3) is 3.34. The number of hydrogen-bond donors (Lipinski definition) is 1. The fourth-order valence-corrected chi connectivity index (χ4v) is 3.13. The van der Waals surface area contributed by atoms with Gasteiger partial charge in [0.25, 0.3) is 0 Å². The predicted octanol–water partition coefficient (Wildman–Crippen LogP) is 3.31. The Balaban J connectivity index is 1.69. The van der Waals surface area contributed by atoms with E-state index in [1.165, 1.54) is 28.7 Å². The fraction of sp³-hybridized carbons (Fsp3) is 0.368. The molecule has 110 valence electrons. The third-order valence-corrected chi connectivity index (χ3v) is 4.48. The van der Waals surface area contributed by atoms with Gasteiger partial charge in [0.1, 0.15) is 0 Å². The summed E-state index contributed by atoms with van der Waals surface area (Å²) in [5.74, 6) is 0. The van der Waals surface area contributed by atoms with Crippen molar-refractivity contribution in [1.29, 1.82) is 0 Å². The van der Waals surface area contributed by atoms with Crippen LogP contribution >= 0.6 is 0 Å². The van der Waals surface area contributed by atoms with E-state index in [1.54, 1.807) is 0 Å². The number of nitrogens with one attached hydrogen (secondary N) is 1. The van der Waals surface area contributed by atoms with Crippen LogP contribution in [0.2, 0.25) is 0 Å². The van der Waals surface area contributed by atoms with E-state index in [2.05, 4.69) is 72.7 Å². The Kier molecular flexibility index (Phi) is 4.37. The second-order valence-electron chi connectivity index (χ2n) is 6.01. The van der Waals surface area contributed by atoms with Crippen molar-refractivity contribution in [2.75, 3.05) is 20.1 Å². The molecule has 2 nitrogen and oxygen atoms in total. The van der Waals surface area contributed by atoms with Gasteiger partial charge < -0.3 is 5.32 Å². The van der Waals surface area contributed by atoms with E-state index in [9.17, 15) is 0 Å². The summed E-state index contributed by atoms with van der Waals surface area (Å²) in [4.78, 5) is 2.56. The molecular weight excluding hydrogens is 256 g/mol. The molecule has 1 unspecified atom stereocenters. The van der Waals surface area contributed by atoms with Crippen molar-refractivity contribution in [3.63, 3.8) is 0 Å². The molecule has 21 heavy (non-hydrogen) atoms. The topological polar surface area (TPSA) is 15.3 Å². The molecule has 1 atom stereocenters. The van der Waals surface area contributed by atoms with Gasteiger partial charge in [0.05, 0.1) is 0 Å². The zero-order chi connectivity index (χ0) is 14.7. The first-order valence-electron chi connectivity index (χ1n) is 7.79. The Hall–Kier alpha value is -1.64. The number of aryl methyl sites for hydroxylation is 1. The highest BCUT2D eigenvalue weighted by atomic mass is 15.1. The van der Waals surface area contributed by atoms with Crippen LogP contribution in [-0.2, 0) is 13.0 Å². The lowest BCUT2D eigenvalue weighted by molar-refractivity contribution is 0.228. The van der Waals surface area contributed by atoms with Gasteiger partial charge in [-0.1, -0.05) is 54.1 Å². The molecule has 1 heterocycles. The van der Waals surface area contributed by atoms with E-state index < -0.39 is 0 Å². The Labute approximate surface area is 127 Å². The molecule has 0 amide bonds. The van der Waals surface area contributed by atoms with Crippen LogP contribution in [0.15, 0.2) is 48.5 Å². The fourth-order valence-electron chi connectivity index (χ4n) is 3.13. The Bertz CT molecular complexity index is 589. The quantitative estimate of drug-likeness (QED) is 0.924. The number of nitrogens with zero attached hydrogens (tertiary/aromatic N) is 1. The number of hydrogen-bond acceptors (Lipinski definition) is 2. The van der Waals surface area contributed by atoms with Gasteiger partial charge in [-0.15, -0.1) is 0 Å². The molecule has 2 aromatic carbocycles. The molecular formula is C19H24N2. The molecule has 1 aliphatic heterocycles. The lowest BCUT2D eigenvalue weighted by Crippen LogP contribution is -2.37. The van der Waals surface area contributed by atoms with Crippen LogP contribution in [0.3, 0.4) is 0 Å². The molecule has 2 heteroatoms. The monoisotopic (exact) mass is 280 g/mol. The average molecular weight is 280 g/mol. The smallest absolute Gasteiger partial charge is 0.0447 e. The predicted molar refractivity (Wildman–Crippen MR) is 88.4 cm³/mol. The minimum absolute atomic E-state index is 0.399. The molecule has 3 rings (SSSR count). The normalized spacial score (nSPS) is 16.5. The Morgan fingerprint density at radius 3 is 2.48 bits per heavy atom. The van der Waals surface area contributed by atoms with Crippen LogP contribution in [0.1, 0.15) is 28.3 Å². The van der Waals surface area contributed by atoms with Crippen molar-refractivity contribution in [2.24, 2.45) is 0 Å². The van der Waals surface area contributed by atoms with Crippen LogP contribution in [0.25, 0.3) is 0 Å². The standard InChI is InChI=1S/C19H24N2/c1-15-7-9-17(10-8-15)19(20-2)14-21-12-11-16-5-3-4-6-18(16)13-21/h3-10,19-20H,11-14H2,1-2H3. The van der Waals surface area contributed by atoms with Gasteiger partial charge >= 0.3 is 0 Å². The first-order valence-corrected chi connectivity index (χ1v) is 7.79. The number of likely N-dealkylation sites (N-methyl/N-ethyl adjacent to an activating group) is 1. The molecule has 0 spiro atoms. The highest BCUT2D eigenvalue weighted by Gasteiger charge is 2.19. The number of benzene rings is 2. The summed E-state index contributed by atoms with van der Waals surface area (Å²) in [5, 5.41) is 3.47. The first-order chi connectivity index (χ1) is 10.3. The van der Waals surface area contributed by atoms with Gasteiger partial charge in [-0.2, -0.15) is 0 Å². The van der Waals surface area contributed by atoms with E-state index in [1.807, 2.05) is 0 Å². The zero-order valence-corrected chi connectivity index (χ0v) is 13.0. The Morgan fingerprint density at radius 2 is 1.76 bits per heavy atom. The van der Waals surface area contributed by atoms with Crippen LogP contribution in [-0.4, -0.2) is 25.0 Å². The maximum atomic E-state index is 3.47. The molecule has 0 aromatic heterocycles. The molecule has 0 bridgehead atoms. The minimum atomic E-state index is 0.399. The van der Waals surface area contributed by atoms with Crippen molar-refractivity contribution < 1.29 is 0 Å². The number of fused-ring (bicyclic) bond motifs is 1. The van der Waals surface area contributed by atoms with Gasteiger partial charge in [0.15, 0.2) is 0 Å². The molecule has 0 aliphatic carbocycles. The van der Waals surface area contributed by atoms with E-state index in [0.29, 0.717) is 6.04 Å². The van der Waals surface area contributed by atoms with Gasteiger partial charge in [-0.3, -0.25) is 4.90 Å². The molecule has 1 N–H and O–H groups in total. The third-order valence-electron chi connectivity index (χ3n) is 4.48. The molecule has 2 aromatic rings. The van der Waals surface area contributed by atoms with Crippen molar-refractivity contribution in [3.8, 4) is 0 Å². The van der Waals surface area contributed by atoms with E-state index >= 15 is 0 Å². The average Bonchev–Trinajstić information content (AvgIpc) is 2.53. The summed E-state index contributed by atoms with van der Waals surface area (Å²) >= 11 is 0. The summed E-state index contributed by atoms with van der Waals surface area (Å²) < 4.78 is 0. The lowest BCUT2D eigenvalue weighted by atomic mass is 9.98. The second-order valence-corrected chi connectivity index (χ2v) is 6.01. The summed E-state index contributed by atoms with van der Waals surface area (Å²) in [5.41, 5.74) is 5.70. The maximum absolute atomic E-state index is 3.47. The molecule has 0 fully saturated rings. The van der Waals surface area contributed by atoms with Gasteiger partial charge in [-0.25, -0.2) is 0 Å². The molecule has 0 radical (unpaired) electrons. The van der Waals surface area contributed by atoms with E-state index in [4.69, 9.17) is 0 Å². The van der Waals surface area contributed by atoms with Crippen molar-refractivity contribution in [1.82, 2.24) is 10.2 Å². The summed E-state index contributed by atoms with van der Waals surface area (Å²) in [7, 11) is 2.06. The van der Waals surface area contributed by atoms with E-state index in [-0.39, 0.29) is 0 Å². The summed E-state index contributed by atoms with van der Waals surface area (Å²) in [6.45, 7) is 5.43. The lowest BCUT2D eigenvalue weighted by Gasteiger charge is -2.32. The maximum Gasteiger partial charge on any atom is 0.0447 e. The second kappa shape index (κ2) is 6.42. The van der Waals surface area contributed by atoms with Crippen molar-refractivity contribution in [2.45, 2.75) is 25.9 Å². The van der Waals surface area contributed by atoms with Crippen molar-refractivity contribution in [3.05, 3.63) is 70.8 Å². The molecule has 0 saturated carbocycles. The van der Waals surface area contributed by atoms with Crippen LogP contribution in [0, 0.1) is 6.92 Å². The Morgan fingerprint density at radius 1 is 1.05 bits per heavy atom. The van der Waals surface area contributed by atoms with Gasteiger partial charge in [-0.05, 0) is 37.1 Å². The summed E-state index contributed by atoms with van der Waals surface area (Å²) in [6.07, 6.45) is 1.17. The highest BCUT2D eigenvalue weighted by Crippen LogP contribution is 2.21. The molecule has 1 aliphatic rings. The van der Waals surface area contributed by atoms with Gasteiger partial charge in [0, 0.05) is 25.7 Å². The zero-order valence-electron chi connectivity index (χ0n) is 13.0. The number of rotatable bonds is 4.